The van der Waals surface area contributed by atoms with E-state index >= 15 is 0 Å². The Morgan fingerprint density at radius 2 is 1.47 bits per heavy atom. The third-order valence-corrected chi connectivity index (χ3v) is 5.44. The first-order chi connectivity index (χ1) is 14.8. The molecule has 0 N–H and O–H groups in total. The maximum absolute atomic E-state index is 5.43. The van der Waals surface area contributed by atoms with Gasteiger partial charge in [0.2, 0.25) is 5.95 Å². The van der Waals surface area contributed by atoms with Gasteiger partial charge < -0.3 is 19.4 Å². The van der Waals surface area contributed by atoms with E-state index in [1.165, 1.54) is 0 Å². The molecule has 0 spiro atoms. The molecule has 10 heteroatoms. The average molecular weight is 407 g/mol. The fourth-order valence-corrected chi connectivity index (χ4v) is 3.75. The van der Waals surface area contributed by atoms with Crippen LogP contribution in [-0.2, 0) is 4.74 Å². The largest absolute Gasteiger partial charge is 0.378 e. The molecule has 10 nitrogen and oxygen atoms in total. The van der Waals surface area contributed by atoms with Gasteiger partial charge in [0.15, 0.2) is 11.6 Å². The molecule has 0 saturated carbocycles. The highest BCUT2D eigenvalue weighted by Gasteiger charge is 2.21. The number of morpholine rings is 1. The second kappa shape index (κ2) is 8.23. The number of piperazine rings is 1. The van der Waals surface area contributed by atoms with Crippen molar-refractivity contribution in [1.29, 1.82) is 0 Å². The molecule has 30 heavy (non-hydrogen) atoms. The molecule has 0 bridgehead atoms. The van der Waals surface area contributed by atoms with E-state index in [0.29, 0.717) is 0 Å². The quantitative estimate of drug-likeness (QED) is 0.626. The van der Waals surface area contributed by atoms with E-state index in [-0.39, 0.29) is 0 Å². The van der Waals surface area contributed by atoms with Crippen LogP contribution in [0.15, 0.2) is 36.7 Å². The summed E-state index contributed by atoms with van der Waals surface area (Å²) in [6, 6.07) is 7.91. The first kappa shape index (κ1) is 18.7. The molecular weight excluding hydrogens is 382 g/mol. The van der Waals surface area contributed by atoms with Gasteiger partial charge in [0.1, 0.15) is 5.82 Å². The number of nitrogens with zero attached hydrogens (tertiary/aromatic N) is 9. The van der Waals surface area contributed by atoms with Crippen molar-refractivity contribution in [3.05, 3.63) is 42.4 Å². The molecule has 156 valence electrons. The first-order valence-electron chi connectivity index (χ1n) is 10.3. The molecule has 3 aromatic rings. The second-order valence-electron chi connectivity index (χ2n) is 7.44. The number of hydrogen-bond donors (Lipinski definition) is 0. The molecule has 5 heterocycles. The summed E-state index contributed by atoms with van der Waals surface area (Å²) in [4.78, 5) is 16.0. The molecule has 0 unspecified atom stereocenters. The molecule has 2 saturated heterocycles. The maximum Gasteiger partial charge on any atom is 0.227 e. The standard InChI is InChI=1S/C20H25N9O/c1-16-5-7-29(25-16)19-3-2-18(23-24-19)27-10-8-26(9-11-27)17-4-6-21-20(22-17)28-12-14-30-15-13-28/h2-7H,8-15H2,1H3. The fourth-order valence-electron chi connectivity index (χ4n) is 3.75. The van der Waals surface area contributed by atoms with Crippen molar-refractivity contribution in [2.24, 2.45) is 0 Å². The van der Waals surface area contributed by atoms with Gasteiger partial charge in [-0.05, 0) is 31.2 Å². The minimum absolute atomic E-state index is 0.724. The van der Waals surface area contributed by atoms with Gasteiger partial charge in [-0.3, -0.25) is 0 Å². The van der Waals surface area contributed by atoms with Crippen LogP contribution in [0.4, 0.5) is 17.6 Å². The molecule has 0 aliphatic carbocycles. The third-order valence-electron chi connectivity index (χ3n) is 5.44. The summed E-state index contributed by atoms with van der Waals surface area (Å²) < 4.78 is 7.17. The Kier molecular flexibility index (Phi) is 5.14. The van der Waals surface area contributed by atoms with Crippen LogP contribution in [0.3, 0.4) is 0 Å². The maximum atomic E-state index is 5.43. The topological polar surface area (TPSA) is 88.3 Å². The number of rotatable bonds is 4. The van der Waals surface area contributed by atoms with Crippen molar-refractivity contribution in [2.45, 2.75) is 6.92 Å². The first-order valence-corrected chi connectivity index (χ1v) is 10.3. The molecule has 2 fully saturated rings. The summed E-state index contributed by atoms with van der Waals surface area (Å²) >= 11 is 0. The van der Waals surface area contributed by atoms with Crippen molar-refractivity contribution in [2.75, 3.05) is 67.2 Å². The molecule has 0 atom stereocenters. The Balaban J connectivity index is 1.22. The highest BCUT2D eigenvalue weighted by molar-refractivity contribution is 5.47. The summed E-state index contributed by atoms with van der Waals surface area (Å²) in [6.45, 7) is 8.58. The van der Waals surface area contributed by atoms with Gasteiger partial charge in [0.05, 0.1) is 18.9 Å². The van der Waals surface area contributed by atoms with Gasteiger partial charge in [-0.25, -0.2) is 9.67 Å². The lowest BCUT2D eigenvalue weighted by atomic mass is 10.3. The highest BCUT2D eigenvalue weighted by atomic mass is 16.5. The SMILES string of the molecule is Cc1ccn(-c2ccc(N3CCN(c4ccnc(N5CCOCC5)n4)CC3)nn2)n1. The molecule has 2 aliphatic heterocycles. The summed E-state index contributed by atoms with van der Waals surface area (Å²) in [5, 5.41) is 13.1. The van der Waals surface area contributed by atoms with E-state index < -0.39 is 0 Å². The van der Waals surface area contributed by atoms with Crippen LogP contribution >= 0.6 is 0 Å². The van der Waals surface area contributed by atoms with Crippen LogP contribution in [0.2, 0.25) is 0 Å². The summed E-state index contributed by atoms with van der Waals surface area (Å²) in [7, 11) is 0. The normalized spacial score (nSPS) is 17.4. The lowest BCUT2D eigenvalue weighted by molar-refractivity contribution is 0.122. The fraction of sp³-hybridized carbons (Fsp3) is 0.450. The van der Waals surface area contributed by atoms with Gasteiger partial charge in [-0.1, -0.05) is 0 Å². The number of ether oxygens (including phenoxy) is 1. The Bertz CT molecular complexity index is 976. The Labute approximate surface area is 175 Å². The Morgan fingerprint density at radius 3 is 2.13 bits per heavy atom. The molecule has 0 radical (unpaired) electrons. The van der Waals surface area contributed by atoms with Crippen molar-refractivity contribution < 1.29 is 4.74 Å². The Morgan fingerprint density at radius 1 is 0.767 bits per heavy atom. The molecule has 3 aromatic heterocycles. The van der Waals surface area contributed by atoms with E-state index in [4.69, 9.17) is 9.72 Å². The van der Waals surface area contributed by atoms with E-state index in [2.05, 4.69) is 35.0 Å². The van der Waals surface area contributed by atoms with Gasteiger partial charge >= 0.3 is 0 Å². The van der Waals surface area contributed by atoms with E-state index in [9.17, 15) is 0 Å². The molecule has 5 rings (SSSR count). The predicted molar refractivity (Wildman–Crippen MR) is 113 cm³/mol. The summed E-state index contributed by atoms with van der Waals surface area (Å²) in [5.41, 5.74) is 0.957. The number of aryl methyl sites for hydroxylation is 1. The van der Waals surface area contributed by atoms with E-state index in [0.717, 1.165) is 81.6 Å². The van der Waals surface area contributed by atoms with Gasteiger partial charge in [-0.15, -0.1) is 10.2 Å². The van der Waals surface area contributed by atoms with Gasteiger partial charge in [0.25, 0.3) is 0 Å². The Hall–Kier alpha value is -3.27. The molecule has 2 aliphatic rings. The van der Waals surface area contributed by atoms with Crippen LogP contribution in [0.25, 0.3) is 5.82 Å². The number of anilines is 3. The molecule has 0 aromatic carbocycles. The van der Waals surface area contributed by atoms with Crippen LogP contribution in [0, 0.1) is 6.92 Å². The van der Waals surface area contributed by atoms with Crippen LogP contribution in [-0.4, -0.2) is 82.4 Å². The van der Waals surface area contributed by atoms with Crippen molar-refractivity contribution in [3.63, 3.8) is 0 Å². The van der Waals surface area contributed by atoms with Crippen LogP contribution in [0.1, 0.15) is 5.69 Å². The zero-order valence-electron chi connectivity index (χ0n) is 17.1. The lowest BCUT2D eigenvalue weighted by Crippen LogP contribution is -2.47. The van der Waals surface area contributed by atoms with E-state index in [1.807, 2.05) is 43.6 Å². The summed E-state index contributed by atoms with van der Waals surface area (Å²) in [6.07, 6.45) is 3.74. The third kappa shape index (κ3) is 3.90. The van der Waals surface area contributed by atoms with E-state index in [1.54, 1.807) is 4.68 Å². The number of hydrogen-bond acceptors (Lipinski definition) is 9. The minimum Gasteiger partial charge on any atom is -0.378 e. The zero-order valence-corrected chi connectivity index (χ0v) is 17.1. The second-order valence-corrected chi connectivity index (χ2v) is 7.44. The van der Waals surface area contributed by atoms with Crippen LogP contribution < -0.4 is 14.7 Å². The number of aromatic nitrogens is 6. The monoisotopic (exact) mass is 407 g/mol. The van der Waals surface area contributed by atoms with Crippen LogP contribution in [0.5, 0.6) is 0 Å². The predicted octanol–water partition coefficient (Wildman–Crippen LogP) is 0.924. The molecular formula is C20H25N9O. The zero-order chi connectivity index (χ0) is 20.3. The van der Waals surface area contributed by atoms with Crippen molar-refractivity contribution in [3.8, 4) is 5.82 Å². The average Bonchev–Trinajstić information content (AvgIpc) is 3.26. The summed E-state index contributed by atoms with van der Waals surface area (Å²) in [5.74, 6) is 3.37. The smallest absolute Gasteiger partial charge is 0.227 e. The molecule has 0 amide bonds. The van der Waals surface area contributed by atoms with Crippen molar-refractivity contribution >= 4 is 17.6 Å². The van der Waals surface area contributed by atoms with Gasteiger partial charge in [-0.2, -0.15) is 10.1 Å². The lowest BCUT2D eigenvalue weighted by Gasteiger charge is -2.36. The van der Waals surface area contributed by atoms with Gasteiger partial charge in [0, 0.05) is 51.7 Å². The highest BCUT2D eigenvalue weighted by Crippen LogP contribution is 2.20. The van der Waals surface area contributed by atoms with Crippen molar-refractivity contribution in [1.82, 2.24) is 29.9 Å². The minimum atomic E-state index is 0.724.